The fourth-order valence-corrected chi connectivity index (χ4v) is 6.57. The van der Waals surface area contributed by atoms with Crippen molar-refractivity contribution in [1.29, 1.82) is 0 Å². The van der Waals surface area contributed by atoms with Gasteiger partial charge in [-0.15, -0.1) is 0 Å². The van der Waals surface area contributed by atoms with Crippen molar-refractivity contribution in [2.24, 2.45) is 0 Å². The number of quaternary nitrogens is 1. The number of esters is 1. The Morgan fingerprint density at radius 3 is 1.47 bits per heavy atom. The molecule has 2 atom stereocenters. The Bertz CT molecular complexity index is 1210. The van der Waals surface area contributed by atoms with E-state index in [4.69, 9.17) is 18.5 Å². The third-order valence-corrected chi connectivity index (χ3v) is 10.4. The van der Waals surface area contributed by atoms with E-state index < -0.39 is 13.9 Å². The number of carbonyl (C=O) groups is 1. The van der Waals surface area contributed by atoms with E-state index in [1.807, 2.05) is 21.1 Å². The number of phosphoric ester groups is 1. The first-order valence-electron chi connectivity index (χ1n) is 23.3. The maximum absolute atomic E-state index is 12.7. The zero-order valence-electron chi connectivity index (χ0n) is 38.4. The van der Waals surface area contributed by atoms with Crippen LogP contribution in [0.4, 0.5) is 0 Å². The van der Waals surface area contributed by atoms with E-state index in [2.05, 4.69) is 98.9 Å². The standard InChI is InChI=1S/C50H88NO7P/c1-6-8-10-12-14-16-18-20-22-24-26-27-29-31-33-35-37-39-41-43-50(52)58-49(48-57-59(53,54)56-46-44-51(3,4)5)47-55-45-42-40-38-36-34-32-30-28-25-23-21-19-17-15-13-11-9-7-2/h9,11,14-17,20-23,28,30,34,36,49H,6-8,10,12-13,18-19,24-27,29,31-33,35,37-48H2,1-5H3/b11-9-,16-14-,17-15-,22-20-,23-21-,30-28-,36-34-. The summed E-state index contributed by atoms with van der Waals surface area (Å²) in [6, 6.07) is 0. The highest BCUT2D eigenvalue weighted by Crippen LogP contribution is 2.38. The average molecular weight is 846 g/mol. The molecule has 8 nitrogen and oxygen atoms in total. The van der Waals surface area contributed by atoms with Crippen LogP contribution in [0, 0.1) is 0 Å². The lowest BCUT2D eigenvalue weighted by Crippen LogP contribution is -2.37. The quantitative estimate of drug-likeness (QED) is 0.0199. The van der Waals surface area contributed by atoms with Gasteiger partial charge in [0.2, 0.25) is 0 Å². The van der Waals surface area contributed by atoms with Crippen LogP contribution in [0.5, 0.6) is 0 Å². The molecule has 0 amide bonds. The fraction of sp³-hybridized carbons (Fsp3) is 0.700. The first-order valence-corrected chi connectivity index (χ1v) is 24.8. The molecule has 0 bridgehead atoms. The van der Waals surface area contributed by atoms with E-state index in [9.17, 15) is 14.3 Å². The molecule has 0 aromatic rings. The van der Waals surface area contributed by atoms with E-state index >= 15 is 0 Å². The van der Waals surface area contributed by atoms with Gasteiger partial charge in [0.15, 0.2) is 0 Å². The molecule has 9 heteroatoms. The number of hydrogen-bond acceptors (Lipinski definition) is 7. The summed E-state index contributed by atoms with van der Waals surface area (Å²) < 4.78 is 34.6. The third-order valence-electron chi connectivity index (χ3n) is 9.43. The zero-order valence-corrected chi connectivity index (χ0v) is 39.3. The van der Waals surface area contributed by atoms with E-state index in [0.29, 0.717) is 24.1 Å². The summed E-state index contributed by atoms with van der Waals surface area (Å²) in [4.78, 5) is 25.1. The van der Waals surface area contributed by atoms with Gasteiger partial charge in [-0.2, -0.15) is 0 Å². The Balaban J connectivity index is 4.31. The number of ether oxygens (including phenoxy) is 2. The summed E-state index contributed by atoms with van der Waals surface area (Å²) >= 11 is 0. The highest BCUT2D eigenvalue weighted by atomic mass is 31.2. The summed E-state index contributed by atoms with van der Waals surface area (Å²) in [6.45, 7) is 5.14. The van der Waals surface area contributed by atoms with Crippen LogP contribution < -0.4 is 4.89 Å². The Labute approximate surface area is 363 Å². The first-order chi connectivity index (χ1) is 28.6. The Morgan fingerprint density at radius 1 is 0.542 bits per heavy atom. The van der Waals surface area contributed by atoms with Gasteiger partial charge in [0, 0.05) is 13.0 Å². The number of allylic oxidation sites excluding steroid dienone is 14. The van der Waals surface area contributed by atoms with Crippen LogP contribution in [0.2, 0.25) is 0 Å². The van der Waals surface area contributed by atoms with Crippen molar-refractivity contribution in [1.82, 2.24) is 0 Å². The van der Waals surface area contributed by atoms with Gasteiger partial charge in [0.25, 0.3) is 7.82 Å². The molecule has 340 valence electrons. The molecule has 0 N–H and O–H groups in total. The molecule has 0 heterocycles. The SMILES string of the molecule is CC/C=C\C/C=C\C/C=C\C/C=C\C/C=C\CCCCOCC(COP(=O)([O-])OCC[N+](C)(C)C)OC(=O)CCCCCCCCCCC/C=C\C/C=C\CCCCC. The molecule has 59 heavy (non-hydrogen) atoms. The molecule has 0 aromatic heterocycles. The van der Waals surface area contributed by atoms with Gasteiger partial charge in [-0.05, 0) is 89.9 Å². The van der Waals surface area contributed by atoms with Crippen molar-refractivity contribution in [3.8, 4) is 0 Å². The lowest BCUT2D eigenvalue weighted by atomic mass is 10.1. The summed E-state index contributed by atoms with van der Waals surface area (Å²) in [7, 11) is 1.31. The minimum atomic E-state index is -4.55. The monoisotopic (exact) mass is 846 g/mol. The van der Waals surface area contributed by atoms with E-state index in [-0.39, 0.29) is 25.8 Å². The number of likely N-dealkylation sites (N-methyl/N-ethyl adjacent to an activating group) is 1. The van der Waals surface area contributed by atoms with Crippen molar-refractivity contribution in [3.05, 3.63) is 85.1 Å². The number of rotatable bonds is 42. The molecule has 0 aliphatic heterocycles. The second-order valence-corrected chi connectivity index (χ2v) is 17.8. The van der Waals surface area contributed by atoms with Crippen LogP contribution in [0.25, 0.3) is 0 Å². The van der Waals surface area contributed by atoms with Crippen LogP contribution in [0.1, 0.15) is 168 Å². The number of unbranched alkanes of at least 4 members (excludes halogenated alkanes) is 14. The summed E-state index contributed by atoms with van der Waals surface area (Å²) in [5.41, 5.74) is 0. The first kappa shape index (κ1) is 56.7. The van der Waals surface area contributed by atoms with Gasteiger partial charge in [-0.3, -0.25) is 9.36 Å². The van der Waals surface area contributed by atoms with Gasteiger partial charge in [-0.1, -0.05) is 157 Å². The van der Waals surface area contributed by atoms with Crippen LogP contribution in [0.3, 0.4) is 0 Å². The molecule has 0 aliphatic rings. The lowest BCUT2D eigenvalue weighted by molar-refractivity contribution is -0.870. The largest absolute Gasteiger partial charge is 0.756 e. The molecule has 0 aromatic carbocycles. The molecular weight excluding hydrogens is 758 g/mol. The van der Waals surface area contributed by atoms with Crippen LogP contribution in [-0.2, 0) is 27.9 Å². The predicted octanol–water partition coefficient (Wildman–Crippen LogP) is 13.4. The highest BCUT2D eigenvalue weighted by molar-refractivity contribution is 7.45. The van der Waals surface area contributed by atoms with Gasteiger partial charge in [0.1, 0.15) is 19.3 Å². The Hall–Kier alpha value is -2.32. The van der Waals surface area contributed by atoms with Crippen LogP contribution in [0.15, 0.2) is 85.1 Å². The maximum Gasteiger partial charge on any atom is 0.306 e. The Morgan fingerprint density at radius 2 is 0.983 bits per heavy atom. The maximum atomic E-state index is 12.7. The number of hydrogen-bond donors (Lipinski definition) is 0. The van der Waals surface area contributed by atoms with E-state index in [1.165, 1.54) is 70.6 Å². The van der Waals surface area contributed by atoms with Crippen molar-refractivity contribution in [2.75, 3.05) is 54.1 Å². The second-order valence-electron chi connectivity index (χ2n) is 16.4. The third kappa shape index (κ3) is 46.6. The minimum absolute atomic E-state index is 0.0122. The van der Waals surface area contributed by atoms with Crippen molar-refractivity contribution in [2.45, 2.75) is 174 Å². The van der Waals surface area contributed by atoms with E-state index in [1.54, 1.807) is 0 Å². The second kappa shape index (κ2) is 42.4. The average Bonchev–Trinajstić information content (AvgIpc) is 3.19. The van der Waals surface area contributed by atoms with E-state index in [0.717, 1.165) is 77.0 Å². The smallest absolute Gasteiger partial charge is 0.306 e. The minimum Gasteiger partial charge on any atom is -0.756 e. The highest BCUT2D eigenvalue weighted by Gasteiger charge is 2.20. The normalized spacial score (nSPS) is 14.5. The van der Waals surface area contributed by atoms with Crippen LogP contribution >= 0.6 is 7.82 Å². The fourth-order valence-electron chi connectivity index (χ4n) is 5.84. The number of phosphoric acid groups is 1. The topological polar surface area (TPSA) is 94.1 Å². The molecule has 2 unspecified atom stereocenters. The summed E-state index contributed by atoms with van der Waals surface area (Å²) in [5, 5.41) is 0. The zero-order chi connectivity index (χ0) is 43.4. The molecular formula is C50H88NO7P. The van der Waals surface area contributed by atoms with Gasteiger partial charge >= 0.3 is 5.97 Å². The van der Waals surface area contributed by atoms with Crippen molar-refractivity contribution < 1.29 is 37.3 Å². The molecule has 0 saturated heterocycles. The van der Waals surface area contributed by atoms with Crippen LogP contribution in [-0.4, -0.2) is 70.7 Å². The predicted molar refractivity (Wildman–Crippen MR) is 249 cm³/mol. The molecule has 0 spiro atoms. The molecule has 0 aliphatic carbocycles. The summed E-state index contributed by atoms with van der Waals surface area (Å²) in [6.07, 6.45) is 56.0. The molecule has 0 rings (SSSR count). The molecule has 0 radical (unpaired) electrons. The van der Waals surface area contributed by atoms with Gasteiger partial charge in [-0.25, -0.2) is 0 Å². The number of carbonyl (C=O) groups excluding carboxylic acids is 1. The van der Waals surface area contributed by atoms with Crippen molar-refractivity contribution >= 4 is 13.8 Å². The molecule has 0 saturated carbocycles. The lowest BCUT2D eigenvalue weighted by Gasteiger charge is -2.28. The summed E-state index contributed by atoms with van der Waals surface area (Å²) in [5.74, 6) is -0.357. The van der Waals surface area contributed by atoms with Gasteiger partial charge in [0.05, 0.1) is 34.4 Å². The Kier molecular flexibility index (Phi) is 40.7. The van der Waals surface area contributed by atoms with Gasteiger partial charge < -0.3 is 27.9 Å². The number of nitrogens with zero attached hydrogens (tertiary/aromatic N) is 1. The van der Waals surface area contributed by atoms with Crippen molar-refractivity contribution in [3.63, 3.8) is 0 Å². The molecule has 0 fully saturated rings.